The lowest BCUT2D eigenvalue weighted by Gasteiger charge is -2.35. The maximum absolute atomic E-state index is 9.95. The van der Waals surface area contributed by atoms with Crippen molar-refractivity contribution in [1.82, 2.24) is 10.2 Å². The molecule has 6 heteroatoms. The van der Waals surface area contributed by atoms with E-state index >= 15 is 0 Å². The van der Waals surface area contributed by atoms with Crippen LogP contribution in [-0.2, 0) is 0 Å². The molecule has 1 atom stereocenters. The molecule has 0 aliphatic carbocycles. The largest absolute Gasteiger partial charge is 0.504 e. The van der Waals surface area contributed by atoms with Gasteiger partial charge in [0.05, 0.1) is 0 Å². The Kier molecular flexibility index (Phi) is 6.37. The number of piperazine rings is 1. The van der Waals surface area contributed by atoms with Crippen molar-refractivity contribution in [1.29, 1.82) is 0 Å². The average Bonchev–Trinajstić information content (AvgIpc) is 2.41. The molecule has 0 saturated carbocycles. The number of nitrogens with one attached hydrogen (secondary N) is 1. The van der Waals surface area contributed by atoms with Gasteiger partial charge in [-0.1, -0.05) is 12.1 Å². The molecule has 1 aromatic rings. The van der Waals surface area contributed by atoms with Gasteiger partial charge in [0.25, 0.3) is 0 Å². The van der Waals surface area contributed by atoms with Crippen LogP contribution in [0.5, 0.6) is 11.5 Å². The van der Waals surface area contributed by atoms with Crippen molar-refractivity contribution in [3.05, 3.63) is 23.8 Å². The van der Waals surface area contributed by atoms with E-state index in [1.165, 1.54) is 6.07 Å². The lowest BCUT2D eigenvalue weighted by molar-refractivity contribution is 0.138. The monoisotopic (exact) mass is 288 g/mol. The highest BCUT2D eigenvalue weighted by Gasteiger charge is 2.24. The van der Waals surface area contributed by atoms with Crippen LogP contribution in [0, 0.1) is 0 Å². The second-order valence-electron chi connectivity index (χ2n) is 4.53. The highest BCUT2D eigenvalue weighted by atomic mass is 35.5. The Morgan fingerprint density at radius 3 is 2.53 bits per heavy atom. The fourth-order valence-corrected chi connectivity index (χ4v) is 2.47. The van der Waals surface area contributed by atoms with E-state index in [0.717, 1.165) is 26.2 Å². The van der Waals surface area contributed by atoms with Crippen LogP contribution in [0.25, 0.3) is 0 Å². The van der Waals surface area contributed by atoms with Gasteiger partial charge in [0.1, 0.15) is 0 Å². The second-order valence-corrected chi connectivity index (χ2v) is 4.53. The van der Waals surface area contributed by atoms with Gasteiger partial charge < -0.3 is 20.6 Å². The van der Waals surface area contributed by atoms with Crippen molar-refractivity contribution < 1.29 is 15.3 Å². The van der Waals surface area contributed by atoms with Crippen molar-refractivity contribution in [3.63, 3.8) is 0 Å². The molecule has 0 radical (unpaired) electrons. The fraction of sp³-hybridized carbons (Fsp3) is 0.538. The number of aromatic hydroxyl groups is 2. The zero-order chi connectivity index (χ0) is 13.0. The third kappa shape index (κ3) is 3.73. The van der Waals surface area contributed by atoms with Crippen molar-refractivity contribution >= 4 is 12.4 Å². The Morgan fingerprint density at radius 2 is 1.89 bits per heavy atom. The second kappa shape index (κ2) is 7.55. The number of benzene rings is 1. The Labute approximate surface area is 119 Å². The first-order chi connectivity index (χ1) is 8.74. The highest BCUT2D eigenvalue weighted by Crippen LogP contribution is 2.36. The summed E-state index contributed by atoms with van der Waals surface area (Å²) in [5.74, 6) is -0.181. The van der Waals surface area contributed by atoms with Gasteiger partial charge in [0.15, 0.2) is 11.5 Å². The maximum atomic E-state index is 9.95. The molecular formula is C13H21ClN2O3. The number of phenols is 2. The van der Waals surface area contributed by atoms with Gasteiger partial charge in [0, 0.05) is 44.4 Å². The van der Waals surface area contributed by atoms with Gasteiger partial charge in [-0.15, -0.1) is 12.4 Å². The zero-order valence-corrected chi connectivity index (χ0v) is 11.6. The summed E-state index contributed by atoms with van der Waals surface area (Å²) in [5.41, 5.74) is 0.686. The number of nitrogens with zero attached hydrogens (tertiary/aromatic N) is 1. The Hall–Kier alpha value is -1.01. The van der Waals surface area contributed by atoms with E-state index in [2.05, 4.69) is 10.2 Å². The molecule has 5 nitrogen and oxygen atoms in total. The molecule has 1 aliphatic heterocycles. The minimum atomic E-state index is -0.106. The molecule has 1 aromatic carbocycles. The number of aliphatic hydroxyl groups is 1. The van der Waals surface area contributed by atoms with Gasteiger partial charge in [-0.25, -0.2) is 0 Å². The number of rotatable bonds is 4. The average molecular weight is 289 g/mol. The molecule has 1 heterocycles. The van der Waals surface area contributed by atoms with Crippen LogP contribution < -0.4 is 5.32 Å². The van der Waals surface area contributed by atoms with Crippen LogP contribution in [-0.4, -0.2) is 53.0 Å². The van der Waals surface area contributed by atoms with Crippen LogP contribution in [0.2, 0.25) is 0 Å². The molecule has 0 amide bonds. The number of para-hydroxylation sites is 1. The maximum Gasteiger partial charge on any atom is 0.162 e. The molecule has 19 heavy (non-hydrogen) atoms. The van der Waals surface area contributed by atoms with E-state index in [4.69, 9.17) is 0 Å². The summed E-state index contributed by atoms with van der Waals surface area (Å²) in [7, 11) is 0. The van der Waals surface area contributed by atoms with E-state index in [1.807, 2.05) is 0 Å². The minimum absolute atomic E-state index is 0. The van der Waals surface area contributed by atoms with Crippen molar-refractivity contribution in [2.24, 2.45) is 0 Å². The first-order valence-corrected chi connectivity index (χ1v) is 6.30. The van der Waals surface area contributed by atoms with Crippen molar-refractivity contribution in [2.45, 2.75) is 12.5 Å². The van der Waals surface area contributed by atoms with Crippen LogP contribution in [0.4, 0.5) is 0 Å². The predicted octanol–water partition coefficient (Wildman–Crippen LogP) is 0.848. The smallest absolute Gasteiger partial charge is 0.162 e. The summed E-state index contributed by atoms with van der Waals surface area (Å²) < 4.78 is 0. The van der Waals surface area contributed by atoms with Gasteiger partial charge >= 0.3 is 0 Å². The molecule has 4 N–H and O–H groups in total. The number of halogens is 1. The number of phenolic OH excluding ortho intramolecular Hbond substituents is 2. The van der Waals surface area contributed by atoms with E-state index in [1.54, 1.807) is 12.1 Å². The van der Waals surface area contributed by atoms with Gasteiger partial charge in [-0.05, 0) is 12.5 Å². The summed E-state index contributed by atoms with van der Waals surface area (Å²) in [6.07, 6.45) is 0.553. The fourth-order valence-electron chi connectivity index (χ4n) is 2.47. The lowest BCUT2D eigenvalue weighted by Crippen LogP contribution is -2.45. The summed E-state index contributed by atoms with van der Waals surface area (Å²) in [6.45, 7) is 3.62. The highest BCUT2D eigenvalue weighted by molar-refractivity contribution is 5.85. The Balaban J connectivity index is 0.00000180. The summed E-state index contributed by atoms with van der Waals surface area (Å²) in [5, 5.41) is 32.0. The number of aliphatic hydroxyl groups excluding tert-OH is 1. The zero-order valence-electron chi connectivity index (χ0n) is 10.7. The molecule has 108 valence electrons. The van der Waals surface area contributed by atoms with E-state index in [0.29, 0.717) is 12.0 Å². The lowest BCUT2D eigenvalue weighted by atomic mass is 10.00. The molecule has 2 rings (SSSR count). The van der Waals surface area contributed by atoms with Gasteiger partial charge in [-0.3, -0.25) is 4.90 Å². The van der Waals surface area contributed by atoms with Crippen molar-refractivity contribution in [3.8, 4) is 11.5 Å². The molecule has 0 bridgehead atoms. The SMILES string of the molecule is Cl.OCC[C@@H](c1cccc(O)c1O)N1CCNCC1. The minimum Gasteiger partial charge on any atom is -0.504 e. The molecule has 0 spiro atoms. The Morgan fingerprint density at radius 1 is 1.21 bits per heavy atom. The molecular weight excluding hydrogens is 268 g/mol. The summed E-state index contributed by atoms with van der Waals surface area (Å²) in [6, 6.07) is 4.94. The summed E-state index contributed by atoms with van der Waals surface area (Å²) >= 11 is 0. The molecule has 0 unspecified atom stereocenters. The predicted molar refractivity (Wildman–Crippen MR) is 75.9 cm³/mol. The quantitative estimate of drug-likeness (QED) is 0.618. The van der Waals surface area contributed by atoms with Crippen LogP contribution in [0.15, 0.2) is 18.2 Å². The van der Waals surface area contributed by atoms with E-state index in [-0.39, 0.29) is 36.6 Å². The van der Waals surface area contributed by atoms with Crippen molar-refractivity contribution in [2.75, 3.05) is 32.8 Å². The summed E-state index contributed by atoms with van der Waals surface area (Å²) in [4.78, 5) is 2.22. The first kappa shape index (κ1) is 16.0. The number of hydrogen-bond donors (Lipinski definition) is 4. The van der Waals surface area contributed by atoms with Crippen LogP contribution in [0.1, 0.15) is 18.0 Å². The third-order valence-electron chi connectivity index (χ3n) is 3.40. The van der Waals surface area contributed by atoms with Gasteiger partial charge in [-0.2, -0.15) is 0 Å². The van der Waals surface area contributed by atoms with Gasteiger partial charge in [0.2, 0.25) is 0 Å². The first-order valence-electron chi connectivity index (χ1n) is 6.30. The topological polar surface area (TPSA) is 76.0 Å². The third-order valence-corrected chi connectivity index (χ3v) is 3.40. The molecule has 1 saturated heterocycles. The van der Waals surface area contributed by atoms with E-state index < -0.39 is 0 Å². The standard InChI is InChI=1S/C13H20N2O3.ClH/c16-9-4-11(15-7-5-14-6-8-15)10-2-1-3-12(17)13(10)18;/h1-3,11,14,16-18H,4-9H2;1H/t11-;/m0./s1. The molecule has 1 fully saturated rings. The Bertz CT molecular complexity index is 397. The molecule has 0 aromatic heterocycles. The van der Waals surface area contributed by atoms with Crippen LogP contribution >= 0.6 is 12.4 Å². The van der Waals surface area contributed by atoms with Crippen LogP contribution in [0.3, 0.4) is 0 Å². The molecule has 1 aliphatic rings. The normalized spacial score (nSPS) is 17.7. The van der Waals surface area contributed by atoms with E-state index in [9.17, 15) is 15.3 Å². The number of hydrogen-bond acceptors (Lipinski definition) is 5.